The maximum atomic E-state index is 12.8. The highest BCUT2D eigenvalue weighted by molar-refractivity contribution is 7.09. The van der Waals surface area contributed by atoms with E-state index in [1.54, 1.807) is 35.6 Å². The van der Waals surface area contributed by atoms with Gasteiger partial charge in [-0.15, -0.1) is 11.3 Å². The SMILES string of the molecule is CCCN(CCC)C(=O)c1cccc(C(=O)NCC(N)CCC(C)C(=O)NCC(C)CC)c1.Cc1cccs1. The maximum Gasteiger partial charge on any atom is 0.253 e. The smallest absolute Gasteiger partial charge is 0.253 e. The van der Waals surface area contributed by atoms with Gasteiger partial charge in [0.1, 0.15) is 0 Å². The first kappa shape index (κ1) is 34.3. The van der Waals surface area contributed by atoms with Crippen LogP contribution in [0.2, 0.25) is 0 Å². The Morgan fingerprint density at radius 2 is 1.59 bits per heavy atom. The highest BCUT2D eigenvalue weighted by atomic mass is 32.1. The number of rotatable bonds is 15. The fourth-order valence-corrected chi connectivity index (χ4v) is 4.34. The standard InChI is InChI=1S/C26H44N4O3.C5H6S/c1-6-14-30(15-7-2)26(33)22-11-9-10-21(16-22)25(32)29-18-23(27)13-12-20(5)24(31)28-17-19(4)8-3;1-5-3-2-4-6-5/h9-11,16,19-20,23H,6-8,12-15,17-18,27H2,1-5H3,(H,28,31)(H,29,32);2-4H,1H3. The molecule has 0 aliphatic rings. The lowest BCUT2D eigenvalue weighted by molar-refractivity contribution is -0.124. The topological polar surface area (TPSA) is 105 Å². The summed E-state index contributed by atoms with van der Waals surface area (Å²) in [5.74, 6) is 0.0947. The molecule has 1 aromatic carbocycles. The number of thiophene rings is 1. The summed E-state index contributed by atoms with van der Waals surface area (Å²) in [6, 6.07) is 10.7. The van der Waals surface area contributed by atoms with E-state index in [0.717, 1.165) is 19.3 Å². The molecular weight excluding hydrogens is 508 g/mol. The van der Waals surface area contributed by atoms with E-state index in [4.69, 9.17) is 5.73 Å². The van der Waals surface area contributed by atoms with Gasteiger partial charge in [0.2, 0.25) is 5.91 Å². The van der Waals surface area contributed by atoms with Gasteiger partial charge in [0.05, 0.1) is 0 Å². The van der Waals surface area contributed by atoms with Gasteiger partial charge in [0.25, 0.3) is 11.8 Å². The monoisotopic (exact) mass is 558 g/mol. The summed E-state index contributed by atoms with van der Waals surface area (Å²) in [6.07, 6.45) is 4.12. The van der Waals surface area contributed by atoms with Crippen molar-refractivity contribution in [2.24, 2.45) is 17.6 Å². The number of hydrogen-bond acceptors (Lipinski definition) is 5. The summed E-state index contributed by atoms with van der Waals surface area (Å²) in [5, 5.41) is 7.92. The molecule has 2 rings (SSSR count). The van der Waals surface area contributed by atoms with Crippen molar-refractivity contribution in [2.45, 2.75) is 79.7 Å². The molecule has 1 heterocycles. The molecule has 0 spiro atoms. The zero-order valence-corrected chi connectivity index (χ0v) is 25.6. The van der Waals surface area contributed by atoms with Crippen molar-refractivity contribution in [3.8, 4) is 0 Å². The molecule has 0 aliphatic carbocycles. The predicted octanol–water partition coefficient (Wildman–Crippen LogP) is 5.64. The van der Waals surface area contributed by atoms with Gasteiger partial charge in [-0.1, -0.05) is 53.2 Å². The van der Waals surface area contributed by atoms with Crippen molar-refractivity contribution >= 4 is 29.1 Å². The summed E-state index contributed by atoms with van der Waals surface area (Å²) in [6.45, 7) is 14.7. The van der Waals surface area contributed by atoms with Gasteiger partial charge >= 0.3 is 0 Å². The Hall–Kier alpha value is -2.71. The Labute approximate surface area is 239 Å². The maximum absolute atomic E-state index is 12.8. The lowest BCUT2D eigenvalue weighted by atomic mass is 10.0. The number of aryl methyl sites for hydroxylation is 1. The number of nitrogens with one attached hydrogen (secondary N) is 2. The molecule has 3 unspecified atom stereocenters. The van der Waals surface area contributed by atoms with Gasteiger partial charge in [0, 0.05) is 54.1 Å². The fourth-order valence-electron chi connectivity index (χ4n) is 3.81. The molecule has 0 saturated heterocycles. The first-order valence-electron chi connectivity index (χ1n) is 14.3. The Balaban J connectivity index is 0.00000111. The summed E-state index contributed by atoms with van der Waals surface area (Å²) in [7, 11) is 0. The van der Waals surface area contributed by atoms with Crippen LogP contribution >= 0.6 is 11.3 Å². The second-order valence-electron chi connectivity index (χ2n) is 10.3. The number of carbonyl (C=O) groups is 3. The zero-order chi connectivity index (χ0) is 29.2. The summed E-state index contributed by atoms with van der Waals surface area (Å²) < 4.78 is 0. The molecule has 7 nitrogen and oxygen atoms in total. The van der Waals surface area contributed by atoms with Crippen LogP contribution in [0.5, 0.6) is 0 Å². The molecule has 0 aliphatic heterocycles. The summed E-state index contributed by atoms with van der Waals surface area (Å²) in [4.78, 5) is 40.8. The van der Waals surface area contributed by atoms with Crippen LogP contribution in [0.25, 0.3) is 0 Å². The van der Waals surface area contributed by atoms with Crippen LogP contribution in [-0.4, -0.2) is 54.8 Å². The van der Waals surface area contributed by atoms with Gasteiger partial charge in [-0.2, -0.15) is 0 Å². The largest absolute Gasteiger partial charge is 0.356 e. The van der Waals surface area contributed by atoms with Gasteiger partial charge in [0.15, 0.2) is 0 Å². The van der Waals surface area contributed by atoms with E-state index in [1.165, 1.54) is 4.88 Å². The molecule has 8 heteroatoms. The first-order valence-corrected chi connectivity index (χ1v) is 15.2. The lowest BCUT2D eigenvalue weighted by Crippen LogP contribution is -2.38. The Morgan fingerprint density at radius 3 is 2.13 bits per heavy atom. The average molecular weight is 559 g/mol. The van der Waals surface area contributed by atoms with E-state index < -0.39 is 0 Å². The van der Waals surface area contributed by atoms with Crippen LogP contribution in [0, 0.1) is 18.8 Å². The van der Waals surface area contributed by atoms with Crippen LogP contribution < -0.4 is 16.4 Å². The van der Waals surface area contributed by atoms with E-state index >= 15 is 0 Å². The minimum atomic E-state index is -0.253. The molecule has 0 radical (unpaired) electrons. The molecule has 0 saturated carbocycles. The van der Waals surface area contributed by atoms with Crippen LogP contribution in [0.1, 0.15) is 92.3 Å². The van der Waals surface area contributed by atoms with Crippen LogP contribution in [0.4, 0.5) is 0 Å². The van der Waals surface area contributed by atoms with Crippen molar-refractivity contribution in [3.05, 3.63) is 57.8 Å². The van der Waals surface area contributed by atoms with Crippen molar-refractivity contribution in [1.29, 1.82) is 0 Å². The molecular formula is C31H50N4O3S. The summed E-state index contributed by atoms with van der Waals surface area (Å²) >= 11 is 1.78. The van der Waals surface area contributed by atoms with Gasteiger partial charge in [-0.25, -0.2) is 0 Å². The highest BCUT2D eigenvalue weighted by Crippen LogP contribution is 2.11. The number of amides is 3. The average Bonchev–Trinajstić information content (AvgIpc) is 3.43. The second kappa shape index (κ2) is 19.4. The number of hydrogen-bond donors (Lipinski definition) is 3. The van der Waals surface area contributed by atoms with Crippen molar-refractivity contribution < 1.29 is 14.4 Å². The fraction of sp³-hybridized carbons (Fsp3) is 0.581. The number of nitrogens with zero attached hydrogens (tertiary/aromatic N) is 1. The third kappa shape index (κ3) is 13.8. The third-order valence-corrected chi connectivity index (χ3v) is 7.38. The van der Waals surface area contributed by atoms with Crippen molar-refractivity contribution in [1.82, 2.24) is 15.5 Å². The van der Waals surface area contributed by atoms with Crippen LogP contribution in [0.3, 0.4) is 0 Å². The molecule has 218 valence electrons. The lowest BCUT2D eigenvalue weighted by Gasteiger charge is -2.21. The Morgan fingerprint density at radius 1 is 0.923 bits per heavy atom. The van der Waals surface area contributed by atoms with Crippen LogP contribution in [0.15, 0.2) is 41.8 Å². The van der Waals surface area contributed by atoms with Crippen LogP contribution in [-0.2, 0) is 4.79 Å². The Kier molecular flexibility index (Phi) is 17.0. The zero-order valence-electron chi connectivity index (χ0n) is 24.8. The predicted molar refractivity (Wildman–Crippen MR) is 163 cm³/mol. The third-order valence-electron chi connectivity index (χ3n) is 6.57. The quantitative estimate of drug-likeness (QED) is 0.263. The molecule has 3 atom stereocenters. The number of carbonyl (C=O) groups excluding carboxylic acids is 3. The van der Waals surface area contributed by atoms with E-state index in [-0.39, 0.29) is 29.7 Å². The van der Waals surface area contributed by atoms with Gasteiger partial charge in [-0.3, -0.25) is 14.4 Å². The van der Waals surface area contributed by atoms with E-state index in [0.29, 0.717) is 56.1 Å². The number of nitrogens with two attached hydrogens (primary N) is 1. The molecule has 1 aromatic heterocycles. The van der Waals surface area contributed by atoms with E-state index in [1.807, 2.05) is 25.7 Å². The molecule has 3 amide bonds. The normalized spacial score (nSPS) is 12.9. The first-order chi connectivity index (χ1) is 18.6. The number of benzene rings is 1. The highest BCUT2D eigenvalue weighted by Gasteiger charge is 2.18. The minimum absolute atomic E-state index is 0.0493. The summed E-state index contributed by atoms with van der Waals surface area (Å²) in [5.41, 5.74) is 7.13. The molecule has 4 N–H and O–H groups in total. The van der Waals surface area contributed by atoms with Gasteiger partial charge < -0.3 is 21.3 Å². The van der Waals surface area contributed by atoms with E-state index in [2.05, 4.69) is 48.9 Å². The molecule has 0 bridgehead atoms. The Bertz CT molecular complexity index is 974. The van der Waals surface area contributed by atoms with Crippen molar-refractivity contribution in [2.75, 3.05) is 26.2 Å². The molecule has 2 aromatic rings. The van der Waals surface area contributed by atoms with Gasteiger partial charge in [-0.05, 0) is 68.2 Å². The van der Waals surface area contributed by atoms with Crippen molar-refractivity contribution in [3.63, 3.8) is 0 Å². The molecule has 39 heavy (non-hydrogen) atoms. The minimum Gasteiger partial charge on any atom is -0.356 e. The second-order valence-corrected chi connectivity index (χ2v) is 11.5. The molecule has 0 fully saturated rings. The van der Waals surface area contributed by atoms with E-state index in [9.17, 15) is 14.4 Å².